The van der Waals surface area contributed by atoms with E-state index in [1.807, 2.05) is 13.0 Å². The number of hydrogen-bond donors (Lipinski definition) is 1. The quantitative estimate of drug-likeness (QED) is 0.712. The minimum Gasteiger partial charge on any atom is -0.430 e. The van der Waals surface area contributed by atoms with Gasteiger partial charge in [0, 0.05) is 16.9 Å². The summed E-state index contributed by atoms with van der Waals surface area (Å²) in [7, 11) is 0. The number of aromatic nitrogens is 2. The molecule has 0 spiro atoms. The van der Waals surface area contributed by atoms with Crippen LogP contribution >= 0.6 is 23.4 Å². The highest BCUT2D eigenvalue weighted by molar-refractivity contribution is 8.00. The Morgan fingerprint density at radius 3 is 2.96 bits per heavy atom. The lowest BCUT2D eigenvalue weighted by Gasteiger charge is -2.12. The van der Waals surface area contributed by atoms with Crippen LogP contribution in [-0.4, -0.2) is 21.1 Å². The van der Waals surface area contributed by atoms with Gasteiger partial charge in [-0.3, -0.25) is 4.79 Å². The van der Waals surface area contributed by atoms with Crippen molar-refractivity contribution in [2.45, 2.75) is 24.3 Å². The van der Waals surface area contributed by atoms with E-state index in [1.165, 1.54) is 11.8 Å². The van der Waals surface area contributed by atoms with E-state index in [-0.39, 0.29) is 11.2 Å². The molecule has 1 N–H and O–H groups in total. The zero-order chi connectivity index (χ0) is 16.4. The fourth-order valence-corrected chi connectivity index (χ4v) is 2.90. The smallest absolute Gasteiger partial charge is 0.259 e. The van der Waals surface area contributed by atoms with E-state index in [9.17, 15) is 4.79 Å². The molecule has 0 radical (unpaired) electrons. The van der Waals surface area contributed by atoms with Gasteiger partial charge in [-0.25, -0.2) is 4.98 Å². The fourth-order valence-electron chi connectivity index (χ4n) is 1.98. The van der Waals surface area contributed by atoms with Crippen LogP contribution in [0.3, 0.4) is 0 Å². The summed E-state index contributed by atoms with van der Waals surface area (Å²) >= 11 is 7.31. The number of fused-ring (bicyclic) bond motifs is 1. The van der Waals surface area contributed by atoms with Gasteiger partial charge in [0.2, 0.25) is 5.91 Å². The van der Waals surface area contributed by atoms with Gasteiger partial charge in [-0.05, 0) is 43.7 Å². The Hall–Kier alpha value is -2.05. The molecule has 23 heavy (non-hydrogen) atoms. The maximum Gasteiger partial charge on any atom is 0.259 e. The van der Waals surface area contributed by atoms with Crippen LogP contribution in [0, 0.1) is 6.92 Å². The van der Waals surface area contributed by atoms with Gasteiger partial charge in [0.1, 0.15) is 0 Å². The van der Waals surface area contributed by atoms with Crippen LogP contribution in [0.1, 0.15) is 12.5 Å². The largest absolute Gasteiger partial charge is 0.430 e. The van der Waals surface area contributed by atoms with Crippen LogP contribution < -0.4 is 5.32 Å². The van der Waals surface area contributed by atoms with Crippen LogP contribution in [0.15, 0.2) is 46.2 Å². The Balaban J connectivity index is 1.71. The van der Waals surface area contributed by atoms with Gasteiger partial charge in [-0.1, -0.05) is 29.4 Å². The monoisotopic (exact) mass is 347 g/mol. The van der Waals surface area contributed by atoms with Crippen molar-refractivity contribution in [3.05, 3.63) is 47.1 Å². The van der Waals surface area contributed by atoms with Crippen molar-refractivity contribution in [3.63, 3.8) is 0 Å². The molecule has 0 saturated carbocycles. The third-order valence-corrected chi connectivity index (χ3v) is 4.67. The fraction of sp³-hybridized carbons (Fsp3) is 0.188. The Labute approximate surface area is 142 Å². The molecular formula is C16H14ClN3O2S. The SMILES string of the molecule is Cc1c(Cl)cccc1NC(=O)[C@H](C)Sc1nc2ncccc2o1. The molecule has 0 bridgehead atoms. The number of nitrogens with zero attached hydrogens (tertiary/aromatic N) is 2. The van der Waals surface area contributed by atoms with E-state index >= 15 is 0 Å². The highest BCUT2D eigenvalue weighted by atomic mass is 35.5. The number of rotatable bonds is 4. The Morgan fingerprint density at radius 2 is 2.17 bits per heavy atom. The van der Waals surface area contributed by atoms with Crippen LogP contribution in [0.2, 0.25) is 5.02 Å². The highest BCUT2D eigenvalue weighted by Crippen LogP contribution is 2.28. The lowest BCUT2D eigenvalue weighted by atomic mass is 10.2. The molecule has 3 aromatic rings. The molecular weight excluding hydrogens is 334 g/mol. The molecule has 1 atom stereocenters. The number of hydrogen-bond acceptors (Lipinski definition) is 5. The number of carbonyl (C=O) groups is 1. The van der Waals surface area contributed by atoms with Gasteiger partial charge in [0.15, 0.2) is 11.2 Å². The number of pyridine rings is 1. The molecule has 3 rings (SSSR count). The molecule has 5 nitrogen and oxygen atoms in total. The number of oxazole rings is 1. The van der Waals surface area contributed by atoms with Gasteiger partial charge >= 0.3 is 0 Å². The molecule has 0 unspecified atom stereocenters. The molecule has 118 valence electrons. The molecule has 0 aliphatic carbocycles. The van der Waals surface area contributed by atoms with E-state index in [1.54, 1.807) is 37.4 Å². The summed E-state index contributed by atoms with van der Waals surface area (Å²) in [6, 6.07) is 8.98. The van der Waals surface area contributed by atoms with Crippen molar-refractivity contribution in [1.29, 1.82) is 0 Å². The predicted molar refractivity (Wildman–Crippen MR) is 91.9 cm³/mol. The molecule has 0 saturated heterocycles. The van der Waals surface area contributed by atoms with Gasteiger partial charge in [-0.2, -0.15) is 4.98 Å². The number of anilines is 1. The molecule has 1 amide bonds. The van der Waals surface area contributed by atoms with E-state index in [0.717, 1.165) is 5.56 Å². The van der Waals surface area contributed by atoms with Crippen molar-refractivity contribution in [2.24, 2.45) is 0 Å². The molecule has 0 aliphatic heterocycles. The summed E-state index contributed by atoms with van der Waals surface area (Å²) in [4.78, 5) is 20.7. The zero-order valence-electron chi connectivity index (χ0n) is 12.5. The first-order valence-electron chi connectivity index (χ1n) is 6.99. The highest BCUT2D eigenvalue weighted by Gasteiger charge is 2.19. The zero-order valence-corrected chi connectivity index (χ0v) is 14.1. The number of halogens is 1. The Morgan fingerprint density at radius 1 is 1.35 bits per heavy atom. The number of amides is 1. The molecule has 7 heteroatoms. The first kappa shape index (κ1) is 15.8. The Bertz CT molecular complexity index is 832. The maximum atomic E-state index is 12.3. The predicted octanol–water partition coefficient (Wildman–Crippen LogP) is 4.30. The summed E-state index contributed by atoms with van der Waals surface area (Å²) in [6.45, 7) is 3.66. The summed E-state index contributed by atoms with van der Waals surface area (Å²) in [6.07, 6.45) is 1.65. The van der Waals surface area contributed by atoms with Crippen molar-refractivity contribution >= 4 is 46.2 Å². The van der Waals surface area contributed by atoms with E-state index in [0.29, 0.717) is 27.2 Å². The molecule has 0 aliphatic rings. The summed E-state index contributed by atoms with van der Waals surface area (Å²) < 4.78 is 5.57. The first-order valence-corrected chi connectivity index (χ1v) is 8.24. The maximum absolute atomic E-state index is 12.3. The van der Waals surface area contributed by atoms with E-state index < -0.39 is 0 Å². The van der Waals surface area contributed by atoms with Crippen molar-refractivity contribution in [1.82, 2.24) is 9.97 Å². The van der Waals surface area contributed by atoms with Crippen LogP contribution in [0.4, 0.5) is 5.69 Å². The first-order chi connectivity index (χ1) is 11.0. The van der Waals surface area contributed by atoms with Gasteiger partial charge in [0.05, 0.1) is 5.25 Å². The average molecular weight is 348 g/mol. The summed E-state index contributed by atoms with van der Waals surface area (Å²) in [5, 5.41) is 3.54. The van der Waals surface area contributed by atoms with Gasteiger partial charge in [0.25, 0.3) is 5.22 Å². The number of nitrogens with one attached hydrogen (secondary N) is 1. The summed E-state index contributed by atoms with van der Waals surface area (Å²) in [5.74, 6) is -0.143. The number of thioether (sulfide) groups is 1. The normalized spacial score (nSPS) is 12.3. The average Bonchev–Trinajstić information content (AvgIpc) is 2.93. The lowest BCUT2D eigenvalue weighted by molar-refractivity contribution is -0.115. The van der Waals surface area contributed by atoms with Crippen LogP contribution in [0.5, 0.6) is 0 Å². The second-order valence-electron chi connectivity index (χ2n) is 4.97. The minimum atomic E-state index is -0.374. The minimum absolute atomic E-state index is 0.143. The van der Waals surface area contributed by atoms with Crippen LogP contribution in [0.25, 0.3) is 11.2 Å². The van der Waals surface area contributed by atoms with Crippen molar-refractivity contribution in [3.8, 4) is 0 Å². The third kappa shape index (κ3) is 3.48. The van der Waals surface area contributed by atoms with E-state index in [4.69, 9.17) is 16.0 Å². The third-order valence-electron chi connectivity index (χ3n) is 3.32. The number of benzene rings is 1. The topological polar surface area (TPSA) is 68.0 Å². The molecule has 2 aromatic heterocycles. The summed E-state index contributed by atoms with van der Waals surface area (Å²) in [5.41, 5.74) is 2.68. The van der Waals surface area contributed by atoms with Gasteiger partial charge < -0.3 is 9.73 Å². The lowest BCUT2D eigenvalue weighted by Crippen LogP contribution is -2.22. The van der Waals surface area contributed by atoms with Crippen LogP contribution in [-0.2, 0) is 4.79 Å². The molecule has 1 aromatic carbocycles. The number of carbonyl (C=O) groups excluding carboxylic acids is 1. The Kier molecular flexibility index (Phi) is 4.54. The van der Waals surface area contributed by atoms with Crippen molar-refractivity contribution < 1.29 is 9.21 Å². The molecule has 2 heterocycles. The second-order valence-corrected chi connectivity index (χ2v) is 6.67. The molecule has 0 fully saturated rings. The standard InChI is InChI=1S/C16H14ClN3O2S/c1-9-11(17)5-3-6-12(9)19-15(21)10(2)23-16-20-14-13(22-16)7-4-8-18-14/h3-8,10H,1-2H3,(H,19,21)/t10-/m0/s1. The van der Waals surface area contributed by atoms with Gasteiger partial charge in [-0.15, -0.1) is 0 Å². The van der Waals surface area contributed by atoms with Crippen molar-refractivity contribution in [2.75, 3.05) is 5.32 Å². The second kappa shape index (κ2) is 6.60. The van der Waals surface area contributed by atoms with E-state index in [2.05, 4.69) is 15.3 Å².